The lowest BCUT2D eigenvalue weighted by atomic mass is 10.0. The van der Waals surface area contributed by atoms with Crippen molar-refractivity contribution in [2.75, 3.05) is 0 Å². The minimum Gasteiger partial charge on any atom is -0.435 e. The first kappa shape index (κ1) is 22.2. The number of nitrogens with zero attached hydrogens (tertiary/aromatic N) is 6. The molecule has 0 N–H and O–H groups in total. The van der Waals surface area contributed by atoms with Gasteiger partial charge in [0.1, 0.15) is 12.1 Å². The van der Waals surface area contributed by atoms with Crippen molar-refractivity contribution in [1.29, 1.82) is 0 Å². The summed E-state index contributed by atoms with van der Waals surface area (Å²) in [5, 5.41) is 9.44. The van der Waals surface area contributed by atoms with Crippen LogP contribution in [0.3, 0.4) is 0 Å². The van der Waals surface area contributed by atoms with E-state index in [4.69, 9.17) is 5.10 Å². The molecule has 1 saturated carbocycles. The van der Waals surface area contributed by atoms with Crippen LogP contribution in [0.15, 0.2) is 42.7 Å². The number of hydrogen-bond donors (Lipinski definition) is 0. The molecule has 0 amide bonds. The van der Waals surface area contributed by atoms with Gasteiger partial charge in [-0.1, -0.05) is 0 Å². The van der Waals surface area contributed by atoms with Gasteiger partial charge in [-0.15, -0.1) is 0 Å². The van der Waals surface area contributed by atoms with Crippen LogP contribution in [-0.4, -0.2) is 36.1 Å². The molecule has 0 radical (unpaired) electrons. The number of ether oxygens (including phenoxy) is 1. The fourth-order valence-corrected chi connectivity index (χ4v) is 4.21. The molecule has 5 rings (SSSR count). The molecule has 0 unspecified atom stereocenters. The van der Waals surface area contributed by atoms with Crippen molar-refractivity contribution in [3.05, 3.63) is 71.1 Å². The van der Waals surface area contributed by atoms with Crippen LogP contribution < -0.4 is 4.74 Å². The summed E-state index contributed by atoms with van der Waals surface area (Å²) in [6.07, 6.45) is 4.60. The van der Waals surface area contributed by atoms with Crippen LogP contribution in [-0.2, 0) is 13.0 Å². The normalized spacial score (nSPS) is 13.6. The van der Waals surface area contributed by atoms with Crippen LogP contribution in [0.1, 0.15) is 41.2 Å². The first-order valence-corrected chi connectivity index (χ1v) is 11.3. The lowest BCUT2D eigenvalue weighted by Gasteiger charge is -2.09. The lowest BCUT2D eigenvalue weighted by Crippen LogP contribution is -2.10. The van der Waals surface area contributed by atoms with Crippen LogP contribution in [0.4, 0.5) is 8.78 Å². The number of halogens is 2. The average molecular weight is 465 g/mol. The summed E-state index contributed by atoms with van der Waals surface area (Å²) >= 11 is 0. The Bertz CT molecular complexity index is 1310. The summed E-state index contributed by atoms with van der Waals surface area (Å²) in [5.41, 5.74) is 6.67. The van der Waals surface area contributed by atoms with E-state index in [1.165, 1.54) is 12.8 Å². The van der Waals surface area contributed by atoms with E-state index >= 15 is 0 Å². The molecule has 4 aromatic rings. The molecule has 0 saturated heterocycles. The molecular formula is C25H26F2N6O. The van der Waals surface area contributed by atoms with E-state index in [-0.39, 0.29) is 5.75 Å². The van der Waals surface area contributed by atoms with E-state index in [1.54, 1.807) is 30.6 Å². The third-order valence-corrected chi connectivity index (χ3v) is 6.09. The third-order valence-electron chi connectivity index (χ3n) is 6.09. The van der Waals surface area contributed by atoms with Crippen molar-refractivity contribution in [3.63, 3.8) is 0 Å². The SMILES string of the molecule is Cc1cc(C)n(-c2cc(Cc3c(C)c(-c4ccc(OC(F)F)cc4)nn3CC3CC3)ncn2)n1. The summed E-state index contributed by atoms with van der Waals surface area (Å²) in [7, 11) is 0. The number of rotatable bonds is 8. The van der Waals surface area contributed by atoms with Gasteiger partial charge in [0.2, 0.25) is 0 Å². The van der Waals surface area contributed by atoms with E-state index in [0.717, 1.165) is 52.0 Å². The second-order valence-corrected chi connectivity index (χ2v) is 8.83. The Hall–Kier alpha value is -3.62. The molecule has 0 spiro atoms. The van der Waals surface area contributed by atoms with Crippen LogP contribution >= 0.6 is 0 Å². The highest BCUT2D eigenvalue weighted by molar-refractivity contribution is 5.65. The zero-order valence-electron chi connectivity index (χ0n) is 19.4. The van der Waals surface area contributed by atoms with Gasteiger partial charge in [-0.2, -0.15) is 19.0 Å². The van der Waals surface area contributed by atoms with Crippen molar-refractivity contribution in [1.82, 2.24) is 29.5 Å². The summed E-state index contributed by atoms with van der Waals surface area (Å²) in [5.74, 6) is 1.51. The van der Waals surface area contributed by atoms with Gasteiger partial charge in [-0.05, 0) is 75.4 Å². The molecule has 7 nitrogen and oxygen atoms in total. The maximum Gasteiger partial charge on any atom is 0.387 e. The molecule has 3 aromatic heterocycles. The second-order valence-electron chi connectivity index (χ2n) is 8.83. The quantitative estimate of drug-likeness (QED) is 0.365. The van der Waals surface area contributed by atoms with Crippen molar-refractivity contribution in [2.45, 2.75) is 53.2 Å². The Balaban J connectivity index is 1.47. The monoisotopic (exact) mass is 464 g/mol. The van der Waals surface area contributed by atoms with Crippen LogP contribution in [0.2, 0.25) is 0 Å². The Labute approximate surface area is 196 Å². The van der Waals surface area contributed by atoms with E-state index in [0.29, 0.717) is 12.3 Å². The van der Waals surface area contributed by atoms with Crippen LogP contribution in [0.25, 0.3) is 17.1 Å². The van der Waals surface area contributed by atoms with Crippen molar-refractivity contribution in [3.8, 4) is 22.8 Å². The van der Waals surface area contributed by atoms with Gasteiger partial charge in [-0.25, -0.2) is 14.6 Å². The highest BCUT2D eigenvalue weighted by Crippen LogP contribution is 2.34. The largest absolute Gasteiger partial charge is 0.435 e. The zero-order chi connectivity index (χ0) is 23.8. The Kier molecular flexibility index (Phi) is 5.85. The fourth-order valence-electron chi connectivity index (χ4n) is 4.21. The van der Waals surface area contributed by atoms with Crippen LogP contribution in [0.5, 0.6) is 5.75 Å². The molecule has 0 atom stereocenters. The van der Waals surface area contributed by atoms with E-state index in [2.05, 4.69) is 24.5 Å². The average Bonchev–Trinajstić information content (AvgIpc) is 3.49. The predicted molar refractivity (Wildman–Crippen MR) is 123 cm³/mol. The number of aryl methyl sites for hydroxylation is 2. The van der Waals surface area contributed by atoms with Gasteiger partial charge in [0.25, 0.3) is 0 Å². The molecule has 1 aliphatic rings. The summed E-state index contributed by atoms with van der Waals surface area (Å²) in [4.78, 5) is 8.93. The smallest absolute Gasteiger partial charge is 0.387 e. The number of aromatic nitrogens is 6. The molecule has 0 bridgehead atoms. The van der Waals surface area contributed by atoms with Gasteiger partial charge in [0, 0.05) is 36.0 Å². The van der Waals surface area contributed by atoms with Crippen molar-refractivity contribution >= 4 is 0 Å². The molecule has 9 heteroatoms. The second kappa shape index (κ2) is 8.96. The molecular weight excluding hydrogens is 438 g/mol. The molecule has 1 aliphatic carbocycles. The molecule has 176 valence electrons. The third kappa shape index (κ3) is 4.69. The summed E-state index contributed by atoms with van der Waals surface area (Å²) in [6, 6.07) is 10.6. The van der Waals surface area contributed by atoms with Gasteiger partial charge in [-0.3, -0.25) is 4.68 Å². The van der Waals surface area contributed by atoms with Crippen molar-refractivity contribution in [2.24, 2.45) is 5.92 Å². The number of benzene rings is 1. The Morgan fingerprint density at radius 1 is 1.03 bits per heavy atom. The van der Waals surface area contributed by atoms with Gasteiger partial charge < -0.3 is 4.74 Å². The number of alkyl halides is 2. The summed E-state index contributed by atoms with van der Waals surface area (Å²) in [6.45, 7) is 4.02. The Morgan fingerprint density at radius 3 is 2.44 bits per heavy atom. The maximum absolute atomic E-state index is 12.5. The first-order chi connectivity index (χ1) is 16.4. The topological polar surface area (TPSA) is 70.7 Å². The molecule has 1 aromatic carbocycles. The standard InChI is InChI=1S/C25H26F2N6O/c1-15-10-16(2)33(30-15)23-12-20(28-14-29-23)11-22-17(3)24(31-32(22)13-18-4-5-18)19-6-8-21(9-7-19)34-25(26)27/h6-10,12,14,18,25H,4-5,11,13H2,1-3H3. The maximum atomic E-state index is 12.5. The molecule has 0 aliphatic heterocycles. The minimum absolute atomic E-state index is 0.131. The summed E-state index contributed by atoms with van der Waals surface area (Å²) < 4.78 is 33.4. The molecule has 1 fully saturated rings. The molecule has 3 heterocycles. The van der Waals surface area contributed by atoms with E-state index < -0.39 is 6.61 Å². The minimum atomic E-state index is -2.84. The Morgan fingerprint density at radius 2 is 1.79 bits per heavy atom. The highest BCUT2D eigenvalue weighted by Gasteiger charge is 2.25. The zero-order valence-corrected chi connectivity index (χ0v) is 19.4. The first-order valence-electron chi connectivity index (χ1n) is 11.3. The number of hydrogen-bond acceptors (Lipinski definition) is 5. The molecule has 34 heavy (non-hydrogen) atoms. The van der Waals surface area contributed by atoms with E-state index in [9.17, 15) is 8.78 Å². The predicted octanol–water partition coefficient (Wildman–Crippen LogP) is 5.05. The van der Waals surface area contributed by atoms with Gasteiger partial charge >= 0.3 is 6.61 Å². The van der Waals surface area contributed by atoms with E-state index in [1.807, 2.05) is 37.6 Å². The fraction of sp³-hybridized carbons (Fsp3) is 0.360. The van der Waals surface area contributed by atoms with Crippen molar-refractivity contribution < 1.29 is 13.5 Å². The van der Waals surface area contributed by atoms with Gasteiger partial charge in [0.15, 0.2) is 5.82 Å². The van der Waals surface area contributed by atoms with Crippen LogP contribution in [0, 0.1) is 26.7 Å². The lowest BCUT2D eigenvalue weighted by molar-refractivity contribution is -0.0498. The van der Waals surface area contributed by atoms with Gasteiger partial charge in [0.05, 0.1) is 17.1 Å². The highest BCUT2D eigenvalue weighted by atomic mass is 19.3.